The molecule has 22 heavy (non-hydrogen) atoms. The summed E-state index contributed by atoms with van der Waals surface area (Å²) < 4.78 is 5.20. The number of aromatic amines is 1. The van der Waals surface area contributed by atoms with Crippen molar-refractivity contribution in [3.05, 3.63) is 47.3 Å². The summed E-state index contributed by atoms with van der Waals surface area (Å²) in [7, 11) is 0. The van der Waals surface area contributed by atoms with Gasteiger partial charge in [-0.1, -0.05) is 30.3 Å². The molecule has 1 aromatic carbocycles. The molecule has 1 fully saturated rings. The predicted octanol–water partition coefficient (Wildman–Crippen LogP) is 1.24. The smallest absolute Gasteiger partial charge is 0.410 e. The largest absolute Gasteiger partial charge is 0.476 e. The summed E-state index contributed by atoms with van der Waals surface area (Å²) in [6.07, 6.45) is -0.416. The fourth-order valence-corrected chi connectivity index (χ4v) is 2.29. The van der Waals surface area contributed by atoms with E-state index in [1.807, 2.05) is 30.3 Å². The Kier molecular flexibility index (Phi) is 3.73. The number of carbonyl (C=O) groups excluding carboxylic acids is 1. The Labute approximate surface area is 125 Å². The number of rotatable bonds is 4. The first-order valence-electron chi connectivity index (χ1n) is 6.74. The lowest BCUT2D eigenvalue weighted by Gasteiger charge is -2.37. The van der Waals surface area contributed by atoms with Crippen molar-refractivity contribution < 1.29 is 19.4 Å². The second kappa shape index (κ2) is 5.84. The maximum Gasteiger partial charge on any atom is 0.410 e. The number of nitrogens with zero attached hydrogens (tertiary/aromatic N) is 3. The first-order valence-corrected chi connectivity index (χ1v) is 6.74. The Morgan fingerprint density at radius 3 is 2.68 bits per heavy atom. The molecule has 1 aliphatic rings. The maximum atomic E-state index is 11.9. The van der Waals surface area contributed by atoms with E-state index in [1.54, 1.807) is 0 Å². The summed E-state index contributed by atoms with van der Waals surface area (Å²) in [6, 6.07) is 9.40. The van der Waals surface area contributed by atoms with E-state index in [2.05, 4.69) is 15.4 Å². The van der Waals surface area contributed by atoms with Crippen molar-refractivity contribution in [2.75, 3.05) is 13.1 Å². The van der Waals surface area contributed by atoms with Crippen LogP contribution in [0.25, 0.3) is 0 Å². The lowest BCUT2D eigenvalue weighted by molar-refractivity contribution is 0.0640. The van der Waals surface area contributed by atoms with Crippen LogP contribution in [0.3, 0.4) is 0 Å². The highest BCUT2D eigenvalue weighted by Gasteiger charge is 2.37. The summed E-state index contributed by atoms with van der Waals surface area (Å²) >= 11 is 0. The lowest BCUT2D eigenvalue weighted by Crippen LogP contribution is -2.49. The maximum absolute atomic E-state index is 11.9. The number of carboxylic acids is 1. The molecule has 0 unspecified atom stereocenters. The molecule has 1 saturated heterocycles. The van der Waals surface area contributed by atoms with E-state index in [9.17, 15) is 9.59 Å². The van der Waals surface area contributed by atoms with Gasteiger partial charge in [0, 0.05) is 19.0 Å². The normalized spacial score (nSPS) is 14.5. The molecule has 1 amide bonds. The molecule has 2 aromatic rings. The van der Waals surface area contributed by atoms with E-state index in [0.717, 1.165) is 5.56 Å². The molecule has 0 radical (unpaired) electrons. The molecule has 8 nitrogen and oxygen atoms in total. The molecule has 0 saturated carbocycles. The van der Waals surface area contributed by atoms with Crippen molar-refractivity contribution in [3.8, 4) is 0 Å². The highest BCUT2D eigenvalue weighted by molar-refractivity contribution is 5.86. The van der Waals surface area contributed by atoms with Gasteiger partial charge in [0.1, 0.15) is 12.3 Å². The third kappa shape index (κ3) is 2.76. The Hall–Kier alpha value is -2.90. The number of nitrogens with one attached hydrogen (secondary N) is 1. The molecule has 0 aliphatic carbocycles. The van der Waals surface area contributed by atoms with Gasteiger partial charge in [0.05, 0.1) is 0 Å². The first-order chi connectivity index (χ1) is 10.6. The van der Waals surface area contributed by atoms with Gasteiger partial charge in [0.25, 0.3) is 0 Å². The average Bonchev–Trinajstić information content (AvgIpc) is 2.94. The van der Waals surface area contributed by atoms with Crippen LogP contribution in [-0.4, -0.2) is 50.6 Å². The molecule has 0 atom stereocenters. The Balaban J connectivity index is 1.51. The number of likely N-dealkylation sites (tertiary alicyclic amines) is 1. The van der Waals surface area contributed by atoms with Crippen LogP contribution in [0.15, 0.2) is 30.3 Å². The number of carbonyl (C=O) groups is 2. The molecule has 0 spiro atoms. The Morgan fingerprint density at radius 2 is 2.00 bits per heavy atom. The summed E-state index contributed by atoms with van der Waals surface area (Å²) in [5.41, 5.74) is 1.19. The number of carboxylic acid groups (broad SMARTS) is 1. The molecular formula is C14H14N4O4. The van der Waals surface area contributed by atoms with Gasteiger partial charge in [-0.2, -0.15) is 10.3 Å². The van der Waals surface area contributed by atoms with Gasteiger partial charge in [0.15, 0.2) is 5.69 Å². The molecule has 1 aliphatic heterocycles. The minimum absolute atomic E-state index is 0.0951. The zero-order chi connectivity index (χ0) is 15.5. The zero-order valence-corrected chi connectivity index (χ0v) is 11.6. The number of H-pyrrole nitrogens is 1. The molecule has 1 aromatic heterocycles. The molecular weight excluding hydrogens is 288 g/mol. The number of aromatic carboxylic acids is 1. The van der Waals surface area contributed by atoms with Gasteiger partial charge in [-0.15, -0.1) is 5.10 Å². The Morgan fingerprint density at radius 1 is 1.27 bits per heavy atom. The van der Waals surface area contributed by atoms with Gasteiger partial charge in [-0.3, -0.25) is 0 Å². The fraction of sp³-hybridized carbons (Fsp3) is 0.286. The van der Waals surface area contributed by atoms with Crippen LogP contribution in [0.2, 0.25) is 0 Å². The van der Waals surface area contributed by atoms with Crippen molar-refractivity contribution in [3.63, 3.8) is 0 Å². The Bertz CT molecular complexity index is 679. The minimum Gasteiger partial charge on any atom is -0.476 e. The van der Waals surface area contributed by atoms with Crippen LogP contribution in [0.5, 0.6) is 0 Å². The summed E-state index contributed by atoms with van der Waals surface area (Å²) in [4.78, 5) is 24.4. The van der Waals surface area contributed by atoms with Gasteiger partial charge < -0.3 is 14.7 Å². The van der Waals surface area contributed by atoms with Gasteiger partial charge >= 0.3 is 12.1 Å². The highest BCUT2D eigenvalue weighted by atomic mass is 16.6. The standard InChI is InChI=1S/C14H14N4O4/c19-13(20)12-11(15-17-16-12)10-6-18(7-10)14(21)22-8-9-4-2-1-3-5-9/h1-5,10H,6-8H2,(H,19,20)(H,15,16,17). The van der Waals surface area contributed by atoms with Crippen molar-refractivity contribution >= 4 is 12.1 Å². The monoisotopic (exact) mass is 302 g/mol. The van der Waals surface area contributed by atoms with Crippen LogP contribution in [0, 0.1) is 0 Å². The van der Waals surface area contributed by atoms with Gasteiger partial charge in [0.2, 0.25) is 0 Å². The van der Waals surface area contributed by atoms with Crippen molar-refractivity contribution in [1.82, 2.24) is 20.3 Å². The first kappa shape index (κ1) is 14.1. The number of ether oxygens (including phenoxy) is 1. The van der Waals surface area contributed by atoms with E-state index in [-0.39, 0.29) is 18.2 Å². The van der Waals surface area contributed by atoms with Gasteiger partial charge in [-0.25, -0.2) is 9.59 Å². The second-order valence-corrected chi connectivity index (χ2v) is 5.00. The van der Waals surface area contributed by atoms with Gasteiger partial charge in [-0.05, 0) is 5.56 Å². The van der Waals surface area contributed by atoms with E-state index in [4.69, 9.17) is 9.84 Å². The molecule has 8 heteroatoms. The summed E-state index contributed by atoms with van der Waals surface area (Å²) in [5.74, 6) is -1.26. The van der Waals surface area contributed by atoms with Crippen molar-refractivity contribution in [2.24, 2.45) is 0 Å². The van der Waals surface area contributed by atoms with E-state index in [1.165, 1.54) is 4.90 Å². The SMILES string of the molecule is O=C(O)c1n[nH]nc1C1CN(C(=O)OCc2ccccc2)C1. The average molecular weight is 302 g/mol. The second-order valence-electron chi connectivity index (χ2n) is 5.00. The van der Waals surface area contributed by atoms with E-state index >= 15 is 0 Å². The fourth-order valence-electron chi connectivity index (χ4n) is 2.29. The van der Waals surface area contributed by atoms with E-state index in [0.29, 0.717) is 18.8 Å². The number of benzene rings is 1. The number of hydrogen-bond donors (Lipinski definition) is 2. The minimum atomic E-state index is -1.13. The summed E-state index contributed by atoms with van der Waals surface area (Å²) in [5, 5.41) is 18.7. The molecule has 2 N–H and O–H groups in total. The molecule has 3 rings (SSSR count). The number of amides is 1. The van der Waals surface area contributed by atoms with Crippen LogP contribution >= 0.6 is 0 Å². The van der Waals surface area contributed by atoms with Crippen molar-refractivity contribution in [1.29, 1.82) is 0 Å². The van der Waals surface area contributed by atoms with Crippen molar-refractivity contribution in [2.45, 2.75) is 12.5 Å². The topological polar surface area (TPSA) is 108 Å². The molecule has 2 heterocycles. The van der Waals surface area contributed by atoms with Crippen LogP contribution < -0.4 is 0 Å². The zero-order valence-electron chi connectivity index (χ0n) is 11.6. The van der Waals surface area contributed by atoms with Crippen LogP contribution in [0.4, 0.5) is 4.79 Å². The van der Waals surface area contributed by atoms with E-state index < -0.39 is 12.1 Å². The lowest BCUT2D eigenvalue weighted by atomic mass is 9.95. The molecule has 0 bridgehead atoms. The third-order valence-electron chi connectivity index (χ3n) is 3.51. The third-order valence-corrected chi connectivity index (χ3v) is 3.51. The quantitative estimate of drug-likeness (QED) is 0.879. The highest BCUT2D eigenvalue weighted by Crippen LogP contribution is 2.27. The van der Waals surface area contributed by atoms with Crippen LogP contribution in [0.1, 0.15) is 27.7 Å². The number of hydrogen-bond acceptors (Lipinski definition) is 5. The molecule has 114 valence electrons. The van der Waals surface area contributed by atoms with Crippen LogP contribution in [-0.2, 0) is 11.3 Å². The summed E-state index contributed by atoms with van der Waals surface area (Å²) in [6.45, 7) is 0.964. The predicted molar refractivity (Wildman–Crippen MR) is 74.3 cm³/mol. The number of aromatic nitrogens is 3.